The summed E-state index contributed by atoms with van der Waals surface area (Å²) >= 11 is 0. The summed E-state index contributed by atoms with van der Waals surface area (Å²) in [5, 5.41) is 36.0. The van der Waals surface area contributed by atoms with Crippen LogP contribution in [-0.4, -0.2) is 32.4 Å². The Bertz CT molecular complexity index is 897. The third-order valence-corrected chi connectivity index (χ3v) is 6.48. The molecule has 2 aromatic rings. The second-order valence-electron chi connectivity index (χ2n) is 9.95. The standard InChI is InChI=1S/C16H28O4.C15H16O2/c1-2-3-4-5-6-7-8-9-10-11-12-14(16(19)20)13-15(17)18;1-15(2,11-3-7-13(16)8-4-11)12-5-9-14(17)10-6-12/h11-12,14H,2-10,13H2,1H3,(H,17,18)(H,19,20);3-10,16-17H,1-2H3. The Morgan fingerprint density at radius 2 is 1.19 bits per heavy atom. The van der Waals surface area contributed by atoms with Gasteiger partial charge in [0.25, 0.3) is 0 Å². The molecule has 0 saturated heterocycles. The van der Waals surface area contributed by atoms with E-state index in [1.54, 1.807) is 30.3 Å². The highest BCUT2D eigenvalue weighted by molar-refractivity contribution is 5.79. The van der Waals surface area contributed by atoms with Crippen LogP contribution in [0, 0.1) is 5.92 Å². The van der Waals surface area contributed by atoms with Gasteiger partial charge in [0.05, 0.1) is 12.3 Å². The Kier molecular flexibility index (Phi) is 14.8. The average molecular weight is 513 g/mol. The molecule has 204 valence electrons. The van der Waals surface area contributed by atoms with E-state index in [4.69, 9.17) is 10.2 Å². The van der Waals surface area contributed by atoms with Crippen LogP contribution >= 0.6 is 0 Å². The molecule has 4 N–H and O–H groups in total. The number of hydrogen-bond acceptors (Lipinski definition) is 4. The lowest BCUT2D eigenvalue weighted by atomic mass is 9.78. The van der Waals surface area contributed by atoms with Crippen LogP contribution in [0.1, 0.15) is 96.1 Å². The number of phenols is 2. The van der Waals surface area contributed by atoms with E-state index < -0.39 is 17.9 Å². The van der Waals surface area contributed by atoms with Gasteiger partial charge in [0.2, 0.25) is 0 Å². The molecule has 0 aliphatic carbocycles. The maximum atomic E-state index is 10.8. The lowest BCUT2D eigenvalue weighted by molar-refractivity contribution is -0.146. The Labute approximate surface area is 221 Å². The topological polar surface area (TPSA) is 115 Å². The Morgan fingerprint density at radius 3 is 1.59 bits per heavy atom. The molecular formula is C31H44O6. The minimum Gasteiger partial charge on any atom is -0.508 e. The Morgan fingerprint density at radius 1 is 0.757 bits per heavy atom. The minimum atomic E-state index is -1.07. The van der Waals surface area contributed by atoms with Gasteiger partial charge in [-0.25, -0.2) is 0 Å². The molecule has 6 nitrogen and oxygen atoms in total. The zero-order chi connectivity index (χ0) is 27.7. The van der Waals surface area contributed by atoms with E-state index in [1.165, 1.54) is 44.6 Å². The summed E-state index contributed by atoms with van der Waals surface area (Å²) < 4.78 is 0. The van der Waals surface area contributed by atoms with Gasteiger partial charge in [-0.2, -0.15) is 0 Å². The summed E-state index contributed by atoms with van der Waals surface area (Å²) in [6.07, 6.45) is 13.7. The van der Waals surface area contributed by atoms with E-state index in [-0.39, 0.29) is 23.3 Å². The van der Waals surface area contributed by atoms with Crippen molar-refractivity contribution in [3.05, 3.63) is 71.8 Å². The molecule has 0 aromatic heterocycles. The van der Waals surface area contributed by atoms with Crippen molar-refractivity contribution in [2.75, 3.05) is 0 Å². The Hall–Kier alpha value is -3.28. The molecular weight excluding hydrogens is 468 g/mol. The highest BCUT2D eigenvalue weighted by Gasteiger charge is 2.22. The van der Waals surface area contributed by atoms with Crippen LogP contribution in [0.3, 0.4) is 0 Å². The molecule has 0 aliphatic heterocycles. The van der Waals surface area contributed by atoms with Gasteiger partial charge >= 0.3 is 11.9 Å². The van der Waals surface area contributed by atoms with Crippen LogP contribution in [0.4, 0.5) is 0 Å². The first-order chi connectivity index (χ1) is 17.6. The number of rotatable bonds is 15. The fourth-order valence-electron chi connectivity index (χ4n) is 4.01. The number of carboxylic acids is 2. The van der Waals surface area contributed by atoms with Gasteiger partial charge in [-0.15, -0.1) is 0 Å². The minimum absolute atomic E-state index is 0.151. The van der Waals surface area contributed by atoms with Crippen molar-refractivity contribution in [1.82, 2.24) is 0 Å². The third kappa shape index (κ3) is 13.0. The molecule has 0 radical (unpaired) electrons. The fraction of sp³-hybridized carbons (Fsp3) is 0.484. The van der Waals surface area contributed by atoms with Gasteiger partial charge in [0.15, 0.2) is 0 Å². The van der Waals surface area contributed by atoms with Gasteiger partial charge in [0.1, 0.15) is 11.5 Å². The molecule has 0 spiro atoms. The van der Waals surface area contributed by atoms with Gasteiger partial charge < -0.3 is 20.4 Å². The van der Waals surface area contributed by atoms with Gasteiger partial charge in [-0.1, -0.05) is 102 Å². The van der Waals surface area contributed by atoms with Crippen molar-refractivity contribution in [2.24, 2.45) is 5.92 Å². The zero-order valence-corrected chi connectivity index (χ0v) is 22.5. The quantitative estimate of drug-likeness (QED) is 0.144. The van der Waals surface area contributed by atoms with Gasteiger partial charge in [0, 0.05) is 5.41 Å². The molecule has 1 unspecified atom stereocenters. The largest absolute Gasteiger partial charge is 0.508 e. The maximum Gasteiger partial charge on any atom is 0.310 e. The normalized spacial score (nSPS) is 12.1. The first-order valence-electron chi connectivity index (χ1n) is 13.3. The van der Waals surface area contributed by atoms with Gasteiger partial charge in [-0.3, -0.25) is 9.59 Å². The molecule has 6 heteroatoms. The monoisotopic (exact) mass is 512 g/mol. The van der Waals surface area contributed by atoms with Crippen LogP contribution < -0.4 is 0 Å². The zero-order valence-electron chi connectivity index (χ0n) is 22.5. The molecule has 37 heavy (non-hydrogen) atoms. The number of carboxylic acid groups (broad SMARTS) is 2. The summed E-state index contributed by atoms with van der Waals surface area (Å²) in [5.74, 6) is -2.50. The molecule has 2 aromatic carbocycles. The maximum absolute atomic E-state index is 10.8. The fourth-order valence-corrected chi connectivity index (χ4v) is 4.01. The van der Waals surface area contributed by atoms with Crippen molar-refractivity contribution in [3.8, 4) is 11.5 Å². The lowest BCUT2D eigenvalue weighted by Gasteiger charge is -2.26. The van der Waals surface area contributed by atoms with Crippen molar-refractivity contribution >= 4 is 11.9 Å². The van der Waals surface area contributed by atoms with Crippen LogP contribution in [-0.2, 0) is 15.0 Å². The second-order valence-corrected chi connectivity index (χ2v) is 9.95. The molecule has 0 amide bonds. The predicted molar refractivity (Wildman–Crippen MR) is 148 cm³/mol. The summed E-state index contributed by atoms with van der Waals surface area (Å²) in [4.78, 5) is 21.3. The number of hydrogen-bond donors (Lipinski definition) is 4. The first kappa shape index (κ1) is 31.7. The summed E-state index contributed by atoms with van der Waals surface area (Å²) in [7, 11) is 0. The molecule has 0 aliphatic rings. The molecule has 0 bridgehead atoms. The number of benzene rings is 2. The summed E-state index contributed by atoms with van der Waals surface area (Å²) in [5.41, 5.74) is 2.10. The molecule has 1 atom stereocenters. The van der Waals surface area contributed by atoms with E-state index in [0.717, 1.165) is 30.4 Å². The summed E-state index contributed by atoms with van der Waals surface area (Å²) in [6, 6.07) is 14.4. The Balaban J connectivity index is 0.000000373. The first-order valence-corrected chi connectivity index (χ1v) is 13.3. The number of aliphatic carboxylic acids is 2. The van der Waals surface area contributed by atoms with E-state index in [0.29, 0.717) is 0 Å². The number of carbonyl (C=O) groups is 2. The van der Waals surface area contributed by atoms with Crippen LogP contribution in [0.15, 0.2) is 60.7 Å². The average Bonchev–Trinajstić information content (AvgIpc) is 2.85. The third-order valence-electron chi connectivity index (χ3n) is 6.48. The smallest absolute Gasteiger partial charge is 0.310 e. The van der Waals surface area contributed by atoms with Crippen LogP contribution in [0.2, 0.25) is 0 Å². The van der Waals surface area contributed by atoms with Crippen molar-refractivity contribution in [3.63, 3.8) is 0 Å². The van der Waals surface area contributed by atoms with E-state index in [1.807, 2.05) is 24.3 Å². The van der Waals surface area contributed by atoms with E-state index >= 15 is 0 Å². The van der Waals surface area contributed by atoms with E-state index in [9.17, 15) is 19.8 Å². The number of unbranched alkanes of at least 4 members (excludes halogenated alkanes) is 8. The molecule has 2 rings (SSSR count). The molecule has 0 heterocycles. The molecule has 0 fully saturated rings. The van der Waals surface area contributed by atoms with Crippen molar-refractivity contribution in [1.29, 1.82) is 0 Å². The highest BCUT2D eigenvalue weighted by atomic mass is 16.4. The number of phenolic OH excluding ortho intramolecular Hbond substituents is 2. The lowest BCUT2D eigenvalue weighted by Crippen LogP contribution is -2.18. The van der Waals surface area contributed by atoms with Crippen LogP contribution in [0.25, 0.3) is 0 Å². The molecule has 0 saturated carbocycles. The van der Waals surface area contributed by atoms with Crippen molar-refractivity contribution in [2.45, 2.75) is 90.4 Å². The second kappa shape index (κ2) is 17.2. The number of allylic oxidation sites excluding steroid dienone is 1. The van der Waals surface area contributed by atoms with Gasteiger partial charge in [-0.05, 0) is 48.2 Å². The highest BCUT2D eigenvalue weighted by Crippen LogP contribution is 2.32. The van der Waals surface area contributed by atoms with Crippen LogP contribution in [0.5, 0.6) is 11.5 Å². The van der Waals surface area contributed by atoms with E-state index in [2.05, 4.69) is 20.8 Å². The SMILES string of the molecule is CC(C)(c1ccc(O)cc1)c1ccc(O)cc1.CCCCCCCCCCC=CC(CC(=O)O)C(=O)O. The number of aromatic hydroxyl groups is 2. The van der Waals surface area contributed by atoms with Crippen molar-refractivity contribution < 1.29 is 30.0 Å². The predicted octanol–water partition coefficient (Wildman–Crippen LogP) is 7.67. The summed E-state index contributed by atoms with van der Waals surface area (Å²) in [6.45, 7) is 6.44.